The molecule has 2 aromatic heterocycles. The highest BCUT2D eigenvalue weighted by Crippen LogP contribution is 2.22. The van der Waals surface area contributed by atoms with E-state index in [-0.39, 0.29) is 5.91 Å². The van der Waals surface area contributed by atoms with Crippen LogP contribution in [0.2, 0.25) is 0 Å². The van der Waals surface area contributed by atoms with Crippen LogP contribution in [0.15, 0.2) is 97.1 Å². The Morgan fingerprint density at radius 2 is 1.24 bits per heavy atom. The van der Waals surface area contributed by atoms with Crippen molar-refractivity contribution in [2.45, 2.75) is 0 Å². The maximum atomic E-state index is 12.6. The second-order valence-electron chi connectivity index (χ2n) is 6.81. The lowest BCUT2D eigenvalue weighted by Gasteiger charge is -2.07. The summed E-state index contributed by atoms with van der Waals surface area (Å²) in [5.74, 6) is 0.347. The first kappa shape index (κ1) is 17.1. The summed E-state index contributed by atoms with van der Waals surface area (Å²) >= 11 is 0. The highest BCUT2D eigenvalue weighted by atomic mass is 16.1. The van der Waals surface area contributed by atoms with Gasteiger partial charge in [0.15, 0.2) is 0 Å². The molecular weight excluding hydrogens is 358 g/mol. The third-order valence-electron chi connectivity index (χ3n) is 4.88. The molecule has 0 bridgehead atoms. The molecule has 1 amide bonds. The van der Waals surface area contributed by atoms with Crippen molar-refractivity contribution < 1.29 is 4.79 Å². The molecule has 0 radical (unpaired) electrons. The fourth-order valence-corrected chi connectivity index (χ4v) is 3.34. The molecule has 0 atom stereocenters. The number of para-hydroxylation sites is 2. The monoisotopic (exact) mass is 375 g/mol. The zero-order valence-corrected chi connectivity index (χ0v) is 15.5. The number of nitrogens with zero attached hydrogens (tertiary/aromatic N) is 2. The van der Waals surface area contributed by atoms with Gasteiger partial charge in [-0.1, -0.05) is 54.6 Å². The Kier molecular flexibility index (Phi) is 4.22. The van der Waals surface area contributed by atoms with E-state index in [0.717, 1.165) is 33.1 Å². The quantitative estimate of drug-likeness (QED) is 0.440. The largest absolute Gasteiger partial charge is 0.307 e. The predicted molar refractivity (Wildman–Crippen MR) is 117 cm³/mol. The van der Waals surface area contributed by atoms with Crippen molar-refractivity contribution in [3.63, 3.8) is 0 Å². The number of amides is 1. The van der Waals surface area contributed by atoms with Gasteiger partial charge >= 0.3 is 0 Å². The Labute approximate surface area is 167 Å². The highest BCUT2D eigenvalue weighted by Gasteiger charge is 2.09. The average molecular weight is 375 g/mol. The summed E-state index contributed by atoms with van der Waals surface area (Å²) in [6.07, 6.45) is 0. The summed E-state index contributed by atoms with van der Waals surface area (Å²) in [5.41, 5.74) is 4.23. The Morgan fingerprint density at radius 3 is 1.97 bits per heavy atom. The molecule has 3 aromatic carbocycles. The van der Waals surface area contributed by atoms with Crippen LogP contribution in [0.3, 0.4) is 0 Å². The number of aromatic nitrogens is 2. The molecule has 4 nitrogen and oxygen atoms in total. The second kappa shape index (κ2) is 7.17. The molecule has 0 saturated heterocycles. The first-order valence-corrected chi connectivity index (χ1v) is 9.40. The third-order valence-corrected chi connectivity index (χ3v) is 4.88. The Balaban J connectivity index is 1.37. The Hall–Kier alpha value is -4.05. The van der Waals surface area contributed by atoms with Crippen LogP contribution in [0.1, 0.15) is 10.4 Å². The summed E-state index contributed by atoms with van der Waals surface area (Å²) in [5, 5.41) is 5.01. The summed E-state index contributed by atoms with van der Waals surface area (Å²) < 4.78 is 0. The van der Waals surface area contributed by atoms with E-state index in [1.807, 2.05) is 91.0 Å². The predicted octanol–water partition coefficient (Wildman–Crippen LogP) is 5.70. The van der Waals surface area contributed by atoms with Gasteiger partial charge in [-0.3, -0.25) is 4.79 Å². The average Bonchev–Trinajstić information content (AvgIpc) is 2.79. The van der Waals surface area contributed by atoms with E-state index >= 15 is 0 Å². The van der Waals surface area contributed by atoms with Gasteiger partial charge in [-0.15, -0.1) is 0 Å². The molecule has 0 saturated carbocycles. The van der Waals surface area contributed by atoms with Gasteiger partial charge < -0.3 is 5.32 Å². The SMILES string of the molecule is O=C(Nc1ccc2ccccc2n1)c1ccc(-c2ccc3ccccc3n2)cc1. The molecule has 0 unspecified atom stereocenters. The van der Waals surface area contributed by atoms with Gasteiger partial charge in [-0.05, 0) is 42.5 Å². The van der Waals surface area contributed by atoms with Gasteiger partial charge in [0.2, 0.25) is 0 Å². The lowest BCUT2D eigenvalue weighted by atomic mass is 10.1. The summed E-state index contributed by atoms with van der Waals surface area (Å²) in [4.78, 5) is 21.8. The van der Waals surface area contributed by atoms with Crippen LogP contribution in [0.5, 0.6) is 0 Å². The van der Waals surface area contributed by atoms with Gasteiger partial charge in [0.25, 0.3) is 5.91 Å². The van der Waals surface area contributed by atoms with E-state index in [1.165, 1.54) is 0 Å². The molecule has 0 aliphatic heterocycles. The lowest BCUT2D eigenvalue weighted by Crippen LogP contribution is -2.12. The number of anilines is 1. The van der Waals surface area contributed by atoms with Crippen LogP contribution in [-0.4, -0.2) is 15.9 Å². The molecule has 1 N–H and O–H groups in total. The Morgan fingerprint density at radius 1 is 0.621 bits per heavy atom. The number of benzene rings is 3. The molecule has 5 aromatic rings. The van der Waals surface area contributed by atoms with Crippen molar-refractivity contribution in [2.75, 3.05) is 5.32 Å². The smallest absolute Gasteiger partial charge is 0.256 e. The zero-order valence-electron chi connectivity index (χ0n) is 15.5. The number of hydrogen-bond acceptors (Lipinski definition) is 3. The van der Waals surface area contributed by atoms with E-state index in [0.29, 0.717) is 11.4 Å². The van der Waals surface area contributed by atoms with Crippen molar-refractivity contribution in [1.82, 2.24) is 9.97 Å². The number of carbonyl (C=O) groups is 1. The second-order valence-corrected chi connectivity index (χ2v) is 6.81. The molecule has 5 rings (SSSR count). The van der Waals surface area contributed by atoms with Crippen LogP contribution < -0.4 is 5.32 Å². The fourth-order valence-electron chi connectivity index (χ4n) is 3.34. The van der Waals surface area contributed by atoms with Crippen LogP contribution in [0, 0.1) is 0 Å². The minimum absolute atomic E-state index is 0.189. The van der Waals surface area contributed by atoms with E-state index < -0.39 is 0 Å². The molecule has 0 aliphatic carbocycles. The van der Waals surface area contributed by atoms with Gasteiger partial charge in [0.1, 0.15) is 5.82 Å². The number of fused-ring (bicyclic) bond motifs is 2. The molecule has 0 fully saturated rings. The maximum Gasteiger partial charge on any atom is 0.256 e. The minimum atomic E-state index is -0.189. The normalized spacial score (nSPS) is 10.9. The van der Waals surface area contributed by atoms with Crippen LogP contribution in [0.25, 0.3) is 33.1 Å². The summed E-state index contributed by atoms with van der Waals surface area (Å²) in [7, 11) is 0. The van der Waals surface area contributed by atoms with Gasteiger partial charge in [-0.25, -0.2) is 9.97 Å². The first-order chi connectivity index (χ1) is 14.3. The van der Waals surface area contributed by atoms with Crippen molar-refractivity contribution in [2.24, 2.45) is 0 Å². The number of hydrogen-bond donors (Lipinski definition) is 1. The topological polar surface area (TPSA) is 54.9 Å². The highest BCUT2D eigenvalue weighted by molar-refractivity contribution is 6.04. The number of pyridine rings is 2. The molecular formula is C25H17N3O. The molecule has 0 aliphatic rings. The lowest BCUT2D eigenvalue weighted by molar-refractivity contribution is 0.102. The minimum Gasteiger partial charge on any atom is -0.307 e. The van der Waals surface area contributed by atoms with Gasteiger partial charge in [-0.2, -0.15) is 0 Å². The van der Waals surface area contributed by atoms with Crippen LogP contribution >= 0.6 is 0 Å². The van der Waals surface area contributed by atoms with E-state index in [1.54, 1.807) is 0 Å². The van der Waals surface area contributed by atoms with E-state index in [9.17, 15) is 4.79 Å². The van der Waals surface area contributed by atoms with Gasteiger partial charge in [0.05, 0.1) is 16.7 Å². The van der Waals surface area contributed by atoms with Crippen molar-refractivity contribution in [3.8, 4) is 11.3 Å². The third kappa shape index (κ3) is 3.44. The zero-order chi connectivity index (χ0) is 19.6. The molecule has 138 valence electrons. The number of nitrogens with one attached hydrogen (secondary N) is 1. The van der Waals surface area contributed by atoms with Gasteiger partial charge in [0, 0.05) is 21.9 Å². The summed E-state index contributed by atoms with van der Waals surface area (Å²) in [6.45, 7) is 0. The van der Waals surface area contributed by atoms with Crippen molar-refractivity contribution in [1.29, 1.82) is 0 Å². The first-order valence-electron chi connectivity index (χ1n) is 9.40. The maximum absolute atomic E-state index is 12.6. The molecule has 0 spiro atoms. The molecule has 4 heteroatoms. The fraction of sp³-hybridized carbons (Fsp3) is 0. The Bertz CT molecular complexity index is 1340. The van der Waals surface area contributed by atoms with Crippen molar-refractivity contribution >= 4 is 33.5 Å². The van der Waals surface area contributed by atoms with Crippen LogP contribution in [-0.2, 0) is 0 Å². The van der Waals surface area contributed by atoms with E-state index in [2.05, 4.69) is 16.4 Å². The van der Waals surface area contributed by atoms with Crippen LogP contribution in [0.4, 0.5) is 5.82 Å². The van der Waals surface area contributed by atoms with Crippen molar-refractivity contribution in [3.05, 3.63) is 103 Å². The van der Waals surface area contributed by atoms with E-state index in [4.69, 9.17) is 4.98 Å². The molecule has 29 heavy (non-hydrogen) atoms. The molecule has 2 heterocycles. The number of carbonyl (C=O) groups excluding carboxylic acids is 1. The summed E-state index contributed by atoms with van der Waals surface area (Å²) in [6, 6.07) is 31.1. The number of rotatable bonds is 3. The standard InChI is InChI=1S/C25H17N3O/c29-25(28-24-16-14-18-6-2-4-8-22(18)27-24)20-11-9-19(10-12-20)23-15-13-17-5-1-3-7-21(17)26-23/h1-16H,(H,27,28,29).